The Morgan fingerprint density at radius 3 is 2.61 bits per heavy atom. The molecule has 1 N–H and O–H groups in total. The molecule has 1 atom stereocenters. The Kier molecular flexibility index (Phi) is 4.56. The van der Waals surface area contributed by atoms with Crippen molar-refractivity contribution in [2.24, 2.45) is 0 Å². The maximum atomic E-state index is 12.1. The Balaban J connectivity index is 2.70. The lowest BCUT2D eigenvalue weighted by atomic mass is 10.2. The first-order valence-corrected chi connectivity index (χ1v) is 5.57. The molecule has 0 radical (unpaired) electrons. The molecule has 0 aliphatic rings. The van der Waals surface area contributed by atoms with Gasteiger partial charge in [0.1, 0.15) is 5.15 Å². The number of hydrogen-bond donors (Lipinski definition) is 1. The summed E-state index contributed by atoms with van der Waals surface area (Å²) in [4.78, 5) is 15.5. The predicted octanol–water partition coefficient (Wildman–Crippen LogP) is 3.11. The van der Waals surface area contributed by atoms with Crippen LogP contribution in [-0.4, -0.2) is 23.1 Å². The summed E-state index contributed by atoms with van der Waals surface area (Å²) in [6, 6.07) is 1.77. The van der Waals surface area contributed by atoms with Gasteiger partial charge in [0.2, 0.25) is 0 Å². The second-order valence-electron chi connectivity index (χ2n) is 4.01. The van der Waals surface area contributed by atoms with E-state index in [4.69, 9.17) is 11.6 Å². The predicted molar refractivity (Wildman–Crippen MR) is 61.6 cm³/mol. The van der Waals surface area contributed by atoms with Crippen molar-refractivity contribution < 1.29 is 18.0 Å². The van der Waals surface area contributed by atoms with E-state index in [1.807, 2.05) is 0 Å². The molecule has 0 aliphatic heterocycles. The van der Waals surface area contributed by atoms with E-state index in [2.05, 4.69) is 10.3 Å². The smallest absolute Gasteiger partial charge is 0.349 e. The van der Waals surface area contributed by atoms with E-state index >= 15 is 0 Å². The zero-order chi connectivity index (χ0) is 13.9. The summed E-state index contributed by atoms with van der Waals surface area (Å²) >= 11 is 5.67. The number of hydrogen-bond acceptors (Lipinski definition) is 2. The van der Waals surface area contributed by atoms with Crippen LogP contribution in [0.25, 0.3) is 0 Å². The van der Waals surface area contributed by atoms with Crippen molar-refractivity contribution in [1.82, 2.24) is 10.3 Å². The maximum Gasteiger partial charge on any atom is 0.391 e. The fraction of sp³-hybridized carbons (Fsp3) is 0.455. The van der Waals surface area contributed by atoms with E-state index in [1.165, 1.54) is 19.1 Å². The van der Waals surface area contributed by atoms with Crippen LogP contribution in [0.1, 0.15) is 29.4 Å². The van der Waals surface area contributed by atoms with E-state index in [-0.39, 0.29) is 10.7 Å². The monoisotopic (exact) mass is 280 g/mol. The van der Waals surface area contributed by atoms with Crippen LogP contribution in [-0.2, 0) is 0 Å². The standard InChI is InChI=1S/C11H12ClF3N2O/c1-6-3-8(4-9(12)16-6)10(18)17-7(2)5-11(13,14)15/h3-4,7H,5H2,1-2H3,(H,17,18). The third-order valence-electron chi connectivity index (χ3n) is 2.10. The highest BCUT2D eigenvalue weighted by molar-refractivity contribution is 6.29. The molecule has 0 fully saturated rings. The zero-order valence-corrected chi connectivity index (χ0v) is 10.6. The van der Waals surface area contributed by atoms with Crippen LogP contribution in [0, 0.1) is 6.92 Å². The lowest BCUT2D eigenvalue weighted by Gasteiger charge is -2.16. The fourth-order valence-corrected chi connectivity index (χ4v) is 1.72. The molecule has 3 nitrogen and oxygen atoms in total. The quantitative estimate of drug-likeness (QED) is 0.865. The van der Waals surface area contributed by atoms with Crippen molar-refractivity contribution >= 4 is 17.5 Å². The van der Waals surface area contributed by atoms with Crippen molar-refractivity contribution in [3.05, 3.63) is 28.5 Å². The van der Waals surface area contributed by atoms with Gasteiger partial charge >= 0.3 is 6.18 Å². The van der Waals surface area contributed by atoms with Crippen LogP contribution in [0.5, 0.6) is 0 Å². The van der Waals surface area contributed by atoms with Crippen LogP contribution < -0.4 is 5.32 Å². The first kappa shape index (κ1) is 14.8. The molecule has 1 aromatic rings. The van der Waals surface area contributed by atoms with Gasteiger partial charge in [-0.25, -0.2) is 4.98 Å². The summed E-state index contributed by atoms with van der Waals surface area (Å²) < 4.78 is 36.3. The number of aryl methyl sites for hydroxylation is 1. The molecule has 0 aliphatic carbocycles. The molecule has 0 bridgehead atoms. The van der Waals surface area contributed by atoms with E-state index in [1.54, 1.807) is 6.92 Å². The Labute approximate surface area is 107 Å². The van der Waals surface area contributed by atoms with Crippen LogP contribution in [0.15, 0.2) is 12.1 Å². The average Bonchev–Trinajstić information content (AvgIpc) is 2.12. The molecular formula is C11H12ClF3N2O. The third kappa shape index (κ3) is 4.91. The number of pyridine rings is 1. The first-order valence-electron chi connectivity index (χ1n) is 5.19. The van der Waals surface area contributed by atoms with Crippen molar-refractivity contribution in [3.8, 4) is 0 Å². The van der Waals surface area contributed by atoms with Gasteiger partial charge in [-0.15, -0.1) is 0 Å². The number of carbonyl (C=O) groups is 1. The van der Waals surface area contributed by atoms with Gasteiger partial charge in [-0.2, -0.15) is 13.2 Å². The Bertz CT molecular complexity index is 428. The molecular weight excluding hydrogens is 269 g/mol. The molecule has 100 valence electrons. The SMILES string of the molecule is Cc1cc(C(=O)NC(C)CC(F)(F)F)cc(Cl)n1. The van der Waals surface area contributed by atoms with Gasteiger partial charge in [0.15, 0.2) is 0 Å². The van der Waals surface area contributed by atoms with E-state index in [0.29, 0.717) is 5.69 Å². The normalized spacial score (nSPS) is 13.2. The molecule has 0 aromatic carbocycles. The largest absolute Gasteiger partial charge is 0.391 e. The molecule has 1 unspecified atom stereocenters. The molecule has 7 heteroatoms. The highest BCUT2D eigenvalue weighted by Crippen LogP contribution is 2.21. The summed E-state index contributed by atoms with van der Waals surface area (Å²) in [5, 5.41) is 2.39. The number of rotatable bonds is 3. The van der Waals surface area contributed by atoms with Crippen LogP contribution in [0.2, 0.25) is 5.15 Å². The Hall–Kier alpha value is -1.30. The molecule has 1 heterocycles. The third-order valence-corrected chi connectivity index (χ3v) is 2.29. The molecule has 1 aromatic heterocycles. The second-order valence-corrected chi connectivity index (χ2v) is 4.40. The molecule has 0 saturated heterocycles. The number of amides is 1. The van der Waals surface area contributed by atoms with Crippen LogP contribution in [0.4, 0.5) is 13.2 Å². The summed E-state index contributed by atoms with van der Waals surface area (Å²) in [5.74, 6) is -0.598. The number of nitrogens with zero attached hydrogens (tertiary/aromatic N) is 1. The van der Waals surface area contributed by atoms with Crippen molar-refractivity contribution in [1.29, 1.82) is 0 Å². The number of aromatic nitrogens is 1. The number of carbonyl (C=O) groups excluding carboxylic acids is 1. The van der Waals surface area contributed by atoms with Gasteiger partial charge in [-0.1, -0.05) is 11.6 Å². The molecule has 0 spiro atoms. The number of halogens is 4. The lowest BCUT2D eigenvalue weighted by molar-refractivity contribution is -0.138. The van der Waals surface area contributed by atoms with E-state index < -0.39 is 24.5 Å². The van der Waals surface area contributed by atoms with E-state index in [0.717, 1.165) is 0 Å². The molecule has 18 heavy (non-hydrogen) atoms. The number of nitrogens with one attached hydrogen (secondary N) is 1. The number of alkyl halides is 3. The van der Waals surface area contributed by atoms with Crippen LogP contribution >= 0.6 is 11.6 Å². The first-order chi connectivity index (χ1) is 8.17. The van der Waals surface area contributed by atoms with Gasteiger partial charge in [0.25, 0.3) is 5.91 Å². The average molecular weight is 281 g/mol. The van der Waals surface area contributed by atoms with Crippen molar-refractivity contribution in [3.63, 3.8) is 0 Å². The second kappa shape index (κ2) is 5.56. The minimum atomic E-state index is -4.31. The zero-order valence-electron chi connectivity index (χ0n) is 9.81. The van der Waals surface area contributed by atoms with Gasteiger partial charge in [-0.3, -0.25) is 4.79 Å². The van der Waals surface area contributed by atoms with E-state index in [9.17, 15) is 18.0 Å². The molecule has 1 amide bonds. The summed E-state index contributed by atoms with van der Waals surface area (Å²) in [6.45, 7) is 2.93. The summed E-state index contributed by atoms with van der Waals surface area (Å²) in [5.41, 5.74) is 0.720. The highest BCUT2D eigenvalue weighted by Gasteiger charge is 2.30. The van der Waals surface area contributed by atoms with Gasteiger partial charge in [-0.05, 0) is 26.0 Å². The molecule has 0 saturated carbocycles. The van der Waals surface area contributed by atoms with Crippen molar-refractivity contribution in [2.75, 3.05) is 0 Å². The summed E-state index contributed by atoms with van der Waals surface area (Å²) in [6.07, 6.45) is -5.38. The summed E-state index contributed by atoms with van der Waals surface area (Å²) in [7, 11) is 0. The van der Waals surface area contributed by atoms with Crippen molar-refractivity contribution in [2.45, 2.75) is 32.5 Å². The molecule has 1 rings (SSSR count). The highest BCUT2D eigenvalue weighted by atomic mass is 35.5. The Morgan fingerprint density at radius 1 is 1.50 bits per heavy atom. The maximum absolute atomic E-state index is 12.1. The fourth-order valence-electron chi connectivity index (χ4n) is 1.46. The van der Waals surface area contributed by atoms with Gasteiger partial charge in [0, 0.05) is 17.3 Å². The van der Waals surface area contributed by atoms with Gasteiger partial charge in [0.05, 0.1) is 6.42 Å². The Morgan fingerprint density at radius 2 is 2.11 bits per heavy atom. The minimum Gasteiger partial charge on any atom is -0.349 e. The van der Waals surface area contributed by atoms with Crippen LogP contribution in [0.3, 0.4) is 0 Å². The topological polar surface area (TPSA) is 42.0 Å². The minimum absolute atomic E-state index is 0.128. The van der Waals surface area contributed by atoms with Gasteiger partial charge < -0.3 is 5.32 Å². The lowest BCUT2D eigenvalue weighted by Crippen LogP contribution is -2.36.